The van der Waals surface area contributed by atoms with Crippen LogP contribution in [0.1, 0.15) is 0 Å². The van der Waals surface area contributed by atoms with Gasteiger partial charge in [-0.25, -0.2) is 0 Å². The highest BCUT2D eigenvalue weighted by molar-refractivity contribution is 7.00. The fourth-order valence-electron chi connectivity index (χ4n) is 10.0. The van der Waals surface area contributed by atoms with Gasteiger partial charge in [-0.05, 0) is 97.3 Å². The quantitative estimate of drug-likeness (QED) is 0.148. The van der Waals surface area contributed by atoms with Crippen LogP contribution in [0.5, 0.6) is 0 Å². The highest BCUT2D eigenvalue weighted by Gasteiger charge is 2.45. The van der Waals surface area contributed by atoms with Gasteiger partial charge in [-0.3, -0.25) is 0 Å². The highest BCUT2D eigenvalue weighted by Crippen LogP contribution is 2.50. The molecule has 2 aliphatic rings. The SMILES string of the molecule is c1ccc(-c2ccc(N3c4cc(-c5ccccc5)cc5c4B(c4cc(-c6ccccc6)ccc4N5c4ccccc4-c4ccccc4)c4cccc(-c5ccccc5)c43)cc2)cc1. The summed E-state index contributed by atoms with van der Waals surface area (Å²) in [5, 5.41) is 0. The van der Waals surface area contributed by atoms with Crippen LogP contribution in [0.25, 0.3) is 55.6 Å². The zero-order valence-corrected chi connectivity index (χ0v) is 34.6. The van der Waals surface area contributed by atoms with Gasteiger partial charge in [0.15, 0.2) is 0 Å². The molecule has 0 N–H and O–H groups in total. The molecule has 2 aliphatic heterocycles. The number of benzene rings is 10. The molecule has 10 aromatic rings. The summed E-state index contributed by atoms with van der Waals surface area (Å²) in [5.74, 6) is 0. The van der Waals surface area contributed by atoms with Gasteiger partial charge in [0.2, 0.25) is 0 Å². The van der Waals surface area contributed by atoms with Crippen molar-refractivity contribution in [2.24, 2.45) is 0 Å². The maximum absolute atomic E-state index is 2.56. The number of nitrogens with zero attached hydrogens (tertiary/aromatic N) is 2. The number of anilines is 6. The zero-order valence-electron chi connectivity index (χ0n) is 34.6. The highest BCUT2D eigenvalue weighted by atomic mass is 15.2. The summed E-state index contributed by atoms with van der Waals surface area (Å²) in [4.78, 5) is 5.11. The van der Waals surface area contributed by atoms with Crippen molar-refractivity contribution in [2.45, 2.75) is 0 Å². The van der Waals surface area contributed by atoms with Gasteiger partial charge in [0.1, 0.15) is 0 Å². The molecule has 0 spiro atoms. The van der Waals surface area contributed by atoms with Crippen molar-refractivity contribution >= 4 is 57.2 Å². The van der Waals surface area contributed by atoms with E-state index in [-0.39, 0.29) is 6.71 Å². The second-order valence-electron chi connectivity index (χ2n) is 16.4. The summed E-state index contributed by atoms with van der Waals surface area (Å²) in [6.07, 6.45) is 0. The van der Waals surface area contributed by atoms with Gasteiger partial charge < -0.3 is 9.80 Å². The zero-order chi connectivity index (χ0) is 41.7. The van der Waals surface area contributed by atoms with Gasteiger partial charge in [-0.2, -0.15) is 0 Å². The first kappa shape index (κ1) is 36.7. The lowest BCUT2D eigenvalue weighted by Gasteiger charge is -2.45. The van der Waals surface area contributed by atoms with Gasteiger partial charge in [0, 0.05) is 39.6 Å². The van der Waals surface area contributed by atoms with Crippen LogP contribution in [0.2, 0.25) is 0 Å². The maximum Gasteiger partial charge on any atom is 0.252 e. The average molecular weight is 801 g/mol. The van der Waals surface area contributed by atoms with Crippen LogP contribution in [0.4, 0.5) is 34.1 Å². The first-order valence-corrected chi connectivity index (χ1v) is 21.8. The average Bonchev–Trinajstić information content (AvgIpc) is 3.37. The van der Waals surface area contributed by atoms with Crippen LogP contribution in [0, 0.1) is 0 Å². The predicted molar refractivity (Wildman–Crippen MR) is 268 cm³/mol. The first-order valence-electron chi connectivity index (χ1n) is 21.8. The van der Waals surface area contributed by atoms with Crippen molar-refractivity contribution in [1.29, 1.82) is 0 Å². The summed E-state index contributed by atoms with van der Waals surface area (Å²) in [6.45, 7) is -0.0582. The van der Waals surface area contributed by atoms with E-state index in [0.29, 0.717) is 0 Å². The number of fused-ring (bicyclic) bond motifs is 4. The van der Waals surface area contributed by atoms with Gasteiger partial charge in [-0.15, -0.1) is 0 Å². The lowest BCUT2D eigenvalue weighted by atomic mass is 9.33. The fourth-order valence-corrected chi connectivity index (χ4v) is 10.0. The van der Waals surface area contributed by atoms with Crippen molar-refractivity contribution in [3.8, 4) is 55.6 Å². The third-order valence-corrected chi connectivity index (χ3v) is 12.8. The Balaban J connectivity index is 1.20. The Morgan fingerprint density at radius 2 is 0.714 bits per heavy atom. The molecule has 0 saturated carbocycles. The number of para-hydroxylation sites is 2. The molecule has 0 bridgehead atoms. The Bertz CT molecular complexity index is 3260. The second kappa shape index (κ2) is 15.4. The third kappa shape index (κ3) is 6.28. The van der Waals surface area contributed by atoms with E-state index in [1.54, 1.807) is 0 Å². The van der Waals surface area contributed by atoms with Crippen LogP contribution >= 0.6 is 0 Å². The molecule has 2 heterocycles. The Hall–Kier alpha value is -8.14. The lowest BCUT2D eigenvalue weighted by molar-refractivity contribution is 1.25. The van der Waals surface area contributed by atoms with E-state index < -0.39 is 0 Å². The molecule has 0 fully saturated rings. The molecule has 0 radical (unpaired) electrons. The summed E-state index contributed by atoms with van der Waals surface area (Å²) < 4.78 is 0. The number of hydrogen-bond acceptors (Lipinski definition) is 2. The summed E-state index contributed by atoms with van der Waals surface area (Å²) in [7, 11) is 0. The standard InChI is InChI=1S/C60H41BN2/c1-6-19-42(20-7-1)45-33-36-50(37-34-45)62-57-40-49(44-23-10-3-11-24-44)41-58-59(57)61(53-31-18-30-52(60(53)62)47-27-14-5-15-28-47)54-39-48(43-21-8-2-9-22-43)35-38-56(54)63(58)55-32-17-16-29-51(55)46-25-12-4-13-26-46/h1-41H. The molecular formula is C60H41BN2. The topological polar surface area (TPSA) is 6.48 Å². The summed E-state index contributed by atoms with van der Waals surface area (Å²) in [5.41, 5.74) is 22.8. The van der Waals surface area contributed by atoms with Gasteiger partial charge in [0.05, 0.1) is 5.69 Å². The van der Waals surface area contributed by atoms with Gasteiger partial charge >= 0.3 is 0 Å². The molecule has 10 aromatic carbocycles. The summed E-state index contributed by atoms with van der Waals surface area (Å²) >= 11 is 0. The fraction of sp³-hybridized carbons (Fsp3) is 0. The largest absolute Gasteiger partial charge is 0.311 e. The molecule has 0 saturated heterocycles. The molecule has 0 aromatic heterocycles. The van der Waals surface area contributed by atoms with Crippen molar-refractivity contribution in [1.82, 2.24) is 0 Å². The van der Waals surface area contributed by atoms with Crippen LogP contribution in [0.3, 0.4) is 0 Å². The Morgan fingerprint density at radius 3 is 1.33 bits per heavy atom. The second-order valence-corrected chi connectivity index (χ2v) is 16.4. The monoisotopic (exact) mass is 800 g/mol. The van der Waals surface area contributed by atoms with Crippen LogP contribution in [-0.2, 0) is 0 Å². The van der Waals surface area contributed by atoms with E-state index in [0.717, 1.165) is 11.4 Å². The number of rotatable bonds is 7. The summed E-state index contributed by atoms with van der Waals surface area (Å²) in [6, 6.07) is 91.2. The van der Waals surface area contributed by atoms with Gasteiger partial charge in [0.25, 0.3) is 6.71 Å². The molecule has 0 amide bonds. The van der Waals surface area contributed by atoms with Crippen LogP contribution < -0.4 is 26.2 Å². The van der Waals surface area contributed by atoms with E-state index in [4.69, 9.17) is 0 Å². The minimum atomic E-state index is -0.0582. The predicted octanol–water partition coefficient (Wildman–Crippen LogP) is 14.1. The van der Waals surface area contributed by atoms with E-state index in [1.807, 2.05) is 0 Å². The van der Waals surface area contributed by atoms with Crippen LogP contribution in [0.15, 0.2) is 249 Å². The molecule has 3 heteroatoms. The smallest absolute Gasteiger partial charge is 0.252 e. The minimum Gasteiger partial charge on any atom is -0.311 e. The Morgan fingerprint density at radius 1 is 0.254 bits per heavy atom. The van der Waals surface area contributed by atoms with Crippen molar-refractivity contribution in [3.63, 3.8) is 0 Å². The van der Waals surface area contributed by atoms with Crippen LogP contribution in [-0.4, -0.2) is 6.71 Å². The van der Waals surface area contributed by atoms with E-state index in [9.17, 15) is 0 Å². The molecule has 294 valence electrons. The molecule has 0 aliphatic carbocycles. The van der Waals surface area contributed by atoms with Gasteiger partial charge in [-0.1, -0.05) is 212 Å². The molecule has 63 heavy (non-hydrogen) atoms. The molecule has 0 atom stereocenters. The molecule has 12 rings (SSSR count). The first-order chi connectivity index (χ1) is 31.3. The Labute approximate surface area is 369 Å². The maximum atomic E-state index is 2.56. The molecule has 2 nitrogen and oxygen atoms in total. The van der Waals surface area contributed by atoms with Crippen molar-refractivity contribution in [2.75, 3.05) is 9.80 Å². The molecular weight excluding hydrogens is 759 g/mol. The van der Waals surface area contributed by atoms with Crippen molar-refractivity contribution in [3.05, 3.63) is 249 Å². The van der Waals surface area contributed by atoms with E-state index >= 15 is 0 Å². The lowest BCUT2D eigenvalue weighted by Crippen LogP contribution is -2.61. The normalized spacial score (nSPS) is 12.3. The van der Waals surface area contributed by atoms with Crippen molar-refractivity contribution < 1.29 is 0 Å². The minimum absolute atomic E-state index is 0.0582. The number of hydrogen-bond donors (Lipinski definition) is 0. The Kier molecular flexibility index (Phi) is 8.97. The third-order valence-electron chi connectivity index (χ3n) is 12.8. The van der Waals surface area contributed by atoms with E-state index in [2.05, 4.69) is 259 Å². The molecule has 0 unspecified atom stereocenters. The van der Waals surface area contributed by atoms with E-state index in [1.165, 1.54) is 94.8 Å².